The highest BCUT2D eigenvalue weighted by Crippen LogP contribution is 2.24. The lowest BCUT2D eigenvalue weighted by Crippen LogP contribution is -2.29. The van der Waals surface area contributed by atoms with E-state index in [1.54, 1.807) is 0 Å². The van der Waals surface area contributed by atoms with Gasteiger partial charge in [-0.25, -0.2) is 9.78 Å². The number of nitrogens with one attached hydrogen (secondary N) is 1. The summed E-state index contributed by atoms with van der Waals surface area (Å²) in [6, 6.07) is 4.02. The average molecular weight is 341 g/mol. The Morgan fingerprint density at radius 1 is 1.04 bits per heavy atom. The third kappa shape index (κ3) is 3.46. The Hall–Kier alpha value is -2.54. The lowest BCUT2D eigenvalue weighted by atomic mass is 10.1. The SMILES string of the molecule is Cc1cc2nc3c(=O)[nH]c(=O)nc-3n(CCCCCCN)c2cc1C. The van der Waals surface area contributed by atoms with Crippen molar-refractivity contribution < 1.29 is 0 Å². The number of fused-ring (bicyclic) bond motifs is 2. The molecule has 2 heterocycles. The van der Waals surface area contributed by atoms with Gasteiger partial charge in [0, 0.05) is 6.54 Å². The van der Waals surface area contributed by atoms with Crippen LogP contribution in [0.25, 0.3) is 22.6 Å². The van der Waals surface area contributed by atoms with Crippen LogP contribution in [0.5, 0.6) is 0 Å². The van der Waals surface area contributed by atoms with Gasteiger partial charge < -0.3 is 10.3 Å². The van der Waals surface area contributed by atoms with Gasteiger partial charge in [0.2, 0.25) is 0 Å². The van der Waals surface area contributed by atoms with Crippen LogP contribution in [-0.2, 0) is 6.54 Å². The molecule has 1 aromatic rings. The van der Waals surface area contributed by atoms with Gasteiger partial charge in [-0.3, -0.25) is 9.78 Å². The summed E-state index contributed by atoms with van der Waals surface area (Å²) < 4.78 is 1.95. The van der Waals surface area contributed by atoms with Gasteiger partial charge in [-0.1, -0.05) is 12.8 Å². The summed E-state index contributed by atoms with van der Waals surface area (Å²) in [4.78, 5) is 34.6. The summed E-state index contributed by atoms with van der Waals surface area (Å²) in [6.45, 7) is 5.43. The number of nitrogens with two attached hydrogens (primary N) is 1. The fraction of sp³-hybridized carbons (Fsp3) is 0.444. The molecule has 2 aliphatic heterocycles. The number of benzene rings is 1. The monoisotopic (exact) mass is 341 g/mol. The van der Waals surface area contributed by atoms with E-state index in [1.807, 2.05) is 30.5 Å². The summed E-state index contributed by atoms with van der Waals surface area (Å²) in [5.41, 5.74) is 8.49. The van der Waals surface area contributed by atoms with Crippen molar-refractivity contribution in [3.63, 3.8) is 0 Å². The highest BCUT2D eigenvalue weighted by Gasteiger charge is 2.18. The Bertz CT molecular complexity index is 989. The van der Waals surface area contributed by atoms with Crippen LogP contribution < -0.4 is 17.0 Å². The van der Waals surface area contributed by atoms with E-state index in [-0.39, 0.29) is 5.69 Å². The minimum Gasteiger partial charge on any atom is -0.330 e. The maximum atomic E-state index is 12.2. The van der Waals surface area contributed by atoms with Gasteiger partial charge in [-0.15, -0.1) is 0 Å². The summed E-state index contributed by atoms with van der Waals surface area (Å²) >= 11 is 0. The Labute approximate surface area is 145 Å². The van der Waals surface area contributed by atoms with Crippen molar-refractivity contribution in [2.24, 2.45) is 5.73 Å². The van der Waals surface area contributed by atoms with Crippen molar-refractivity contribution >= 4 is 11.0 Å². The van der Waals surface area contributed by atoms with Gasteiger partial charge in [0.25, 0.3) is 5.56 Å². The summed E-state index contributed by atoms with van der Waals surface area (Å²) in [7, 11) is 0. The first-order chi connectivity index (χ1) is 12.0. The van der Waals surface area contributed by atoms with Crippen molar-refractivity contribution in [2.45, 2.75) is 46.1 Å². The summed E-state index contributed by atoms with van der Waals surface area (Å²) in [6.07, 6.45) is 4.03. The second-order valence-corrected chi connectivity index (χ2v) is 6.43. The number of nitrogens with zero attached hydrogens (tertiary/aromatic N) is 3. The number of hydrogen-bond donors (Lipinski definition) is 2. The van der Waals surface area contributed by atoms with E-state index in [0.717, 1.165) is 47.8 Å². The molecule has 3 N–H and O–H groups in total. The Morgan fingerprint density at radius 2 is 1.76 bits per heavy atom. The summed E-state index contributed by atoms with van der Waals surface area (Å²) in [5.74, 6) is 0.350. The van der Waals surface area contributed by atoms with Gasteiger partial charge >= 0.3 is 5.69 Å². The van der Waals surface area contributed by atoms with Crippen LogP contribution in [-0.4, -0.2) is 26.1 Å². The molecule has 0 atom stereocenters. The first-order valence-electron chi connectivity index (χ1n) is 8.63. The molecule has 0 unspecified atom stereocenters. The van der Waals surface area contributed by atoms with E-state index in [9.17, 15) is 9.59 Å². The molecule has 0 bridgehead atoms. The van der Waals surface area contributed by atoms with Crippen molar-refractivity contribution in [1.29, 1.82) is 0 Å². The molecular weight excluding hydrogens is 318 g/mol. The van der Waals surface area contributed by atoms with Crippen LogP contribution in [0.2, 0.25) is 0 Å². The molecule has 25 heavy (non-hydrogen) atoms. The zero-order valence-electron chi connectivity index (χ0n) is 14.6. The van der Waals surface area contributed by atoms with Crippen molar-refractivity contribution in [3.8, 4) is 11.5 Å². The molecule has 7 nitrogen and oxygen atoms in total. The predicted molar refractivity (Wildman–Crippen MR) is 98.0 cm³/mol. The third-order valence-electron chi connectivity index (χ3n) is 4.56. The van der Waals surface area contributed by atoms with Crippen LogP contribution in [0.3, 0.4) is 0 Å². The lowest BCUT2D eigenvalue weighted by Gasteiger charge is -2.17. The van der Waals surface area contributed by atoms with E-state index in [2.05, 4.69) is 15.0 Å². The molecule has 0 aliphatic carbocycles. The largest absolute Gasteiger partial charge is 0.349 e. The van der Waals surface area contributed by atoms with Crippen molar-refractivity contribution in [1.82, 2.24) is 19.5 Å². The highest BCUT2D eigenvalue weighted by molar-refractivity contribution is 5.81. The van der Waals surface area contributed by atoms with Crippen molar-refractivity contribution in [2.75, 3.05) is 6.54 Å². The van der Waals surface area contributed by atoms with Crippen LogP contribution in [0.15, 0.2) is 21.7 Å². The molecule has 0 aromatic heterocycles. The molecule has 0 radical (unpaired) electrons. The molecule has 0 fully saturated rings. The van der Waals surface area contributed by atoms with Crippen LogP contribution >= 0.6 is 0 Å². The fourth-order valence-corrected chi connectivity index (χ4v) is 3.04. The van der Waals surface area contributed by atoms with E-state index in [4.69, 9.17) is 5.73 Å². The Morgan fingerprint density at radius 3 is 2.52 bits per heavy atom. The van der Waals surface area contributed by atoms with Gasteiger partial charge in [0.05, 0.1) is 11.0 Å². The third-order valence-corrected chi connectivity index (χ3v) is 4.56. The normalized spacial score (nSPS) is 11.5. The Kier molecular flexibility index (Phi) is 4.94. The number of unbranched alkanes of at least 4 members (excludes halogenated alkanes) is 3. The minimum absolute atomic E-state index is 0.206. The zero-order valence-corrected chi connectivity index (χ0v) is 14.6. The predicted octanol–water partition coefficient (Wildman–Crippen LogP) is 1.72. The second kappa shape index (κ2) is 7.14. The molecule has 0 amide bonds. The average Bonchev–Trinajstić information content (AvgIpc) is 2.56. The van der Waals surface area contributed by atoms with E-state index >= 15 is 0 Å². The first kappa shape index (κ1) is 17.3. The molecule has 0 saturated carbocycles. The van der Waals surface area contributed by atoms with Crippen LogP contribution in [0.4, 0.5) is 0 Å². The summed E-state index contributed by atoms with van der Waals surface area (Å²) in [5, 5.41) is 0. The van der Waals surface area contributed by atoms with Gasteiger partial charge in [0.1, 0.15) is 0 Å². The lowest BCUT2D eigenvalue weighted by molar-refractivity contribution is 0.579. The van der Waals surface area contributed by atoms with Crippen LogP contribution in [0.1, 0.15) is 36.8 Å². The maximum Gasteiger partial charge on any atom is 0.349 e. The highest BCUT2D eigenvalue weighted by atomic mass is 16.2. The molecule has 132 valence electrons. The number of aromatic nitrogens is 4. The molecular formula is C18H23N5O2. The smallest absolute Gasteiger partial charge is 0.330 e. The van der Waals surface area contributed by atoms with Gasteiger partial charge in [-0.2, -0.15) is 4.98 Å². The zero-order chi connectivity index (χ0) is 18.0. The van der Waals surface area contributed by atoms with Crippen molar-refractivity contribution in [3.05, 3.63) is 44.1 Å². The standard InChI is InChI=1S/C18H23N5O2/c1-11-9-13-14(10-12(11)2)23(8-6-4-3-5-7-19)16-15(20-13)17(24)22-18(25)21-16/h9-10H,3-8,19H2,1-2H3,(H,22,24,25). The van der Waals surface area contributed by atoms with Gasteiger partial charge in [0.15, 0.2) is 11.5 Å². The number of aromatic amines is 1. The topological polar surface area (TPSA) is 107 Å². The maximum absolute atomic E-state index is 12.2. The first-order valence-corrected chi connectivity index (χ1v) is 8.63. The molecule has 0 spiro atoms. The van der Waals surface area contributed by atoms with E-state index in [0.29, 0.717) is 18.9 Å². The fourth-order valence-electron chi connectivity index (χ4n) is 3.04. The van der Waals surface area contributed by atoms with Gasteiger partial charge in [-0.05, 0) is 56.5 Å². The molecule has 1 aromatic carbocycles. The molecule has 7 heteroatoms. The quantitative estimate of drug-likeness (QED) is 0.524. The number of rotatable bonds is 6. The molecule has 0 saturated heterocycles. The molecule has 3 rings (SSSR count). The van der Waals surface area contributed by atoms with E-state index < -0.39 is 11.2 Å². The number of hydrogen-bond acceptors (Lipinski definition) is 5. The second-order valence-electron chi connectivity index (χ2n) is 6.43. The Balaban J connectivity index is 2.16. The number of H-pyrrole nitrogens is 1. The number of aryl methyl sites for hydroxylation is 3. The van der Waals surface area contributed by atoms with E-state index in [1.165, 1.54) is 0 Å². The molecule has 2 aliphatic rings. The minimum atomic E-state index is -0.639. The van der Waals surface area contributed by atoms with Crippen LogP contribution in [0, 0.1) is 13.8 Å².